The molecule has 0 bridgehead atoms. The lowest BCUT2D eigenvalue weighted by molar-refractivity contribution is 0.584. The van der Waals surface area contributed by atoms with Crippen molar-refractivity contribution in [2.45, 2.75) is 52.4 Å². The molecule has 2 heteroatoms. The van der Waals surface area contributed by atoms with Crippen molar-refractivity contribution < 1.29 is 0 Å². The van der Waals surface area contributed by atoms with Gasteiger partial charge < -0.3 is 5.73 Å². The number of rotatable bonds is 3. The van der Waals surface area contributed by atoms with Crippen molar-refractivity contribution in [2.24, 2.45) is 5.73 Å². The fraction of sp³-hybridized carbons (Fsp3) is 0.533. The van der Waals surface area contributed by atoms with Gasteiger partial charge in [0, 0.05) is 6.42 Å². The number of aryl methyl sites for hydroxylation is 1. The van der Waals surface area contributed by atoms with E-state index in [0.29, 0.717) is 10.9 Å². The van der Waals surface area contributed by atoms with Gasteiger partial charge in [0.25, 0.3) is 0 Å². The fourth-order valence-corrected chi connectivity index (χ4v) is 2.42. The summed E-state index contributed by atoms with van der Waals surface area (Å²) < 4.78 is 0. The smallest absolute Gasteiger partial charge is 0.0733 e. The van der Waals surface area contributed by atoms with Crippen LogP contribution in [0.5, 0.6) is 0 Å². The van der Waals surface area contributed by atoms with Crippen molar-refractivity contribution in [1.82, 2.24) is 0 Å². The van der Waals surface area contributed by atoms with E-state index in [-0.39, 0.29) is 5.41 Å². The quantitative estimate of drug-likeness (QED) is 0.817. The van der Waals surface area contributed by atoms with E-state index in [0.717, 1.165) is 6.42 Å². The van der Waals surface area contributed by atoms with Gasteiger partial charge in [0.05, 0.1) is 4.99 Å². The van der Waals surface area contributed by atoms with E-state index in [1.165, 1.54) is 16.7 Å². The van der Waals surface area contributed by atoms with Crippen LogP contribution in [0.2, 0.25) is 0 Å². The van der Waals surface area contributed by atoms with Gasteiger partial charge in [-0.15, -0.1) is 0 Å². The van der Waals surface area contributed by atoms with Crippen molar-refractivity contribution in [2.75, 3.05) is 0 Å². The van der Waals surface area contributed by atoms with E-state index in [1.54, 1.807) is 0 Å². The molecule has 1 rings (SSSR count). The molecule has 0 amide bonds. The largest absolute Gasteiger partial charge is 0.393 e. The number of hydrogen-bond donors (Lipinski definition) is 1. The van der Waals surface area contributed by atoms with E-state index in [4.69, 9.17) is 18.0 Å². The second-order valence-electron chi connectivity index (χ2n) is 5.90. The molecule has 0 radical (unpaired) electrons. The van der Waals surface area contributed by atoms with E-state index in [1.807, 2.05) is 0 Å². The zero-order chi connectivity index (χ0) is 13.2. The Morgan fingerprint density at radius 2 is 1.94 bits per heavy atom. The predicted octanol–water partition coefficient (Wildman–Crippen LogP) is 4.07. The molecular formula is C15H23NS. The first-order valence-corrected chi connectivity index (χ1v) is 6.52. The summed E-state index contributed by atoms with van der Waals surface area (Å²) in [4.78, 5) is 0.593. The van der Waals surface area contributed by atoms with Crippen LogP contribution in [0.15, 0.2) is 18.2 Å². The fourth-order valence-electron chi connectivity index (χ4n) is 2.17. The standard InChI is InChI=1S/C15H23NS/c1-10-6-7-12(11(2)8-14(16)17)9-13(10)15(3,4)5/h6-7,9,11H,8H2,1-5H3,(H2,16,17). The van der Waals surface area contributed by atoms with Gasteiger partial charge in [-0.25, -0.2) is 0 Å². The molecule has 0 aromatic heterocycles. The Bertz CT molecular complexity index is 415. The predicted molar refractivity (Wildman–Crippen MR) is 79.7 cm³/mol. The van der Waals surface area contributed by atoms with Gasteiger partial charge in [0.1, 0.15) is 0 Å². The number of hydrogen-bond acceptors (Lipinski definition) is 1. The van der Waals surface area contributed by atoms with E-state index >= 15 is 0 Å². The van der Waals surface area contributed by atoms with Crippen molar-refractivity contribution in [3.05, 3.63) is 34.9 Å². The van der Waals surface area contributed by atoms with E-state index in [9.17, 15) is 0 Å². The Hall–Kier alpha value is -0.890. The molecule has 2 N–H and O–H groups in total. The number of benzene rings is 1. The average Bonchev–Trinajstić information content (AvgIpc) is 2.15. The van der Waals surface area contributed by atoms with Gasteiger partial charge in [-0.1, -0.05) is 58.1 Å². The van der Waals surface area contributed by atoms with Crippen LogP contribution >= 0.6 is 12.2 Å². The van der Waals surface area contributed by atoms with Crippen molar-refractivity contribution in [1.29, 1.82) is 0 Å². The van der Waals surface area contributed by atoms with E-state index < -0.39 is 0 Å². The first kappa shape index (κ1) is 14.2. The maximum atomic E-state index is 5.62. The molecule has 1 atom stereocenters. The van der Waals surface area contributed by atoms with Crippen molar-refractivity contribution in [3.8, 4) is 0 Å². The highest BCUT2D eigenvalue weighted by Gasteiger charge is 2.18. The molecule has 0 aliphatic rings. The van der Waals surface area contributed by atoms with Crippen LogP contribution in [-0.4, -0.2) is 4.99 Å². The summed E-state index contributed by atoms with van der Waals surface area (Å²) in [5.41, 5.74) is 9.88. The first-order chi connectivity index (χ1) is 7.71. The number of thiocarbonyl (C=S) groups is 1. The Balaban J connectivity index is 3.08. The summed E-state index contributed by atoms with van der Waals surface area (Å²) >= 11 is 4.98. The summed E-state index contributed by atoms with van der Waals surface area (Å²) in [6.45, 7) is 11.1. The minimum absolute atomic E-state index is 0.184. The molecule has 94 valence electrons. The van der Waals surface area contributed by atoms with Gasteiger partial charge >= 0.3 is 0 Å². The van der Waals surface area contributed by atoms with Crippen LogP contribution in [0.3, 0.4) is 0 Å². The Morgan fingerprint density at radius 1 is 1.35 bits per heavy atom. The average molecular weight is 249 g/mol. The number of nitrogens with two attached hydrogens (primary N) is 1. The molecule has 0 spiro atoms. The molecule has 0 saturated heterocycles. The van der Waals surface area contributed by atoms with Gasteiger partial charge in [0.2, 0.25) is 0 Å². The first-order valence-electron chi connectivity index (χ1n) is 6.11. The van der Waals surface area contributed by atoms with Crippen LogP contribution in [0.1, 0.15) is 56.7 Å². The molecule has 1 aromatic carbocycles. The molecular weight excluding hydrogens is 226 g/mol. The maximum absolute atomic E-state index is 5.62. The van der Waals surface area contributed by atoms with Crippen LogP contribution in [0, 0.1) is 6.92 Å². The molecule has 1 unspecified atom stereocenters. The molecule has 0 saturated carbocycles. The molecule has 0 fully saturated rings. The second kappa shape index (κ2) is 5.18. The molecule has 0 aliphatic heterocycles. The topological polar surface area (TPSA) is 26.0 Å². The van der Waals surface area contributed by atoms with Crippen molar-refractivity contribution >= 4 is 17.2 Å². The molecule has 1 nitrogen and oxygen atoms in total. The lowest BCUT2D eigenvalue weighted by Gasteiger charge is -2.24. The third-order valence-electron chi connectivity index (χ3n) is 3.15. The zero-order valence-electron chi connectivity index (χ0n) is 11.5. The van der Waals surface area contributed by atoms with Gasteiger partial charge in [-0.3, -0.25) is 0 Å². The SMILES string of the molecule is Cc1ccc(C(C)CC(N)=S)cc1C(C)(C)C. The molecule has 1 aromatic rings. The minimum atomic E-state index is 0.184. The third kappa shape index (κ3) is 3.81. The Kier molecular flexibility index (Phi) is 4.31. The van der Waals surface area contributed by atoms with Gasteiger partial charge in [-0.05, 0) is 34.9 Å². The summed E-state index contributed by atoms with van der Waals surface area (Å²) in [7, 11) is 0. The monoisotopic (exact) mass is 249 g/mol. The van der Waals surface area contributed by atoms with Crippen LogP contribution in [0.25, 0.3) is 0 Å². The van der Waals surface area contributed by atoms with Crippen molar-refractivity contribution in [3.63, 3.8) is 0 Å². The summed E-state index contributed by atoms with van der Waals surface area (Å²) in [6, 6.07) is 6.69. The molecule has 0 aliphatic carbocycles. The highest BCUT2D eigenvalue weighted by molar-refractivity contribution is 7.80. The third-order valence-corrected chi connectivity index (χ3v) is 3.31. The second-order valence-corrected chi connectivity index (χ2v) is 6.42. The van der Waals surface area contributed by atoms with Gasteiger partial charge in [-0.2, -0.15) is 0 Å². The van der Waals surface area contributed by atoms with E-state index in [2.05, 4.69) is 52.8 Å². The maximum Gasteiger partial charge on any atom is 0.0733 e. The highest BCUT2D eigenvalue weighted by atomic mass is 32.1. The highest BCUT2D eigenvalue weighted by Crippen LogP contribution is 2.29. The molecule has 17 heavy (non-hydrogen) atoms. The normalized spacial score (nSPS) is 13.5. The van der Waals surface area contributed by atoms with Crippen LogP contribution in [0.4, 0.5) is 0 Å². The van der Waals surface area contributed by atoms with Crippen LogP contribution < -0.4 is 5.73 Å². The summed E-state index contributed by atoms with van der Waals surface area (Å²) in [6.07, 6.45) is 0.780. The lowest BCUT2D eigenvalue weighted by Crippen LogP contribution is -2.15. The minimum Gasteiger partial charge on any atom is -0.393 e. The molecule has 0 heterocycles. The van der Waals surface area contributed by atoms with Crippen LogP contribution in [-0.2, 0) is 5.41 Å². The summed E-state index contributed by atoms with van der Waals surface area (Å²) in [5, 5.41) is 0. The lowest BCUT2D eigenvalue weighted by atomic mass is 9.81. The van der Waals surface area contributed by atoms with Gasteiger partial charge in [0.15, 0.2) is 0 Å². The Morgan fingerprint density at radius 3 is 2.41 bits per heavy atom. The zero-order valence-corrected chi connectivity index (χ0v) is 12.3. The summed E-state index contributed by atoms with van der Waals surface area (Å²) in [5.74, 6) is 0.397. The Labute approximate surface area is 110 Å².